The fourth-order valence-electron chi connectivity index (χ4n) is 1.45. The molecule has 94 valence electrons. The summed E-state index contributed by atoms with van der Waals surface area (Å²) >= 11 is 0. The van der Waals surface area contributed by atoms with Gasteiger partial charge in [0.1, 0.15) is 0 Å². The molecule has 4 heteroatoms. The molecule has 1 aromatic heterocycles. The highest BCUT2D eigenvalue weighted by Gasteiger charge is 2.09. The zero-order valence-electron chi connectivity index (χ0n) is 11.0. The average Bonchev–Trinajstić information content (AvgIpc) is 2.25. The number of amides is 1. The number of pyridine rings is 1. The third-order valence-corrected chi connectivity index (χ3v) is 2.43. The largest absolute Gasteiger partial charge is 0.339 e. The molecule has 0 saturated carbocycles. The SMILES string of the molecule is Cc1cccc(CN(C)C(=O)CNC(C)C)n1. The smallest absolute Gasteiger partial charge is 0.236 e. The van der Waals surface area contributed by atoms with Crippen molar-refractivity contribution in [3.05, 3.63) is 29.6 Å². The Kier molecular flexibility index (Phi) is 5.10. The van der Waals surface area contributed by atoms with Gasteiger partial charge in [0.15, 0.2) is 0 Å². The Morgan fingerprint density at radius 3 is 2.76 bits per heavy atom. The maximum Gasteiger partial charge on any atom is 0.236 e. The molecule has 1 heterocycles. The molecule has 0 spiro atoms. The first-order chi connectivity index (χ1) is 7.99. The van der Waals surface area contributed by atoms with E-state index in [1.165, 1.54) is 0 Å². The second kappa shape index (κ2) is 6.35. The van der Waals surface area contributed by atoms with Crippen LogP contribution in [0.25, 0.3) is 0 Å². The van der Waals surface area contributed by atoms with Crippen LogP contribution in [0.2, 0.25) is 0 Å². The molecule has 1 N–H and O–H groups in total. The maximum absolute atomic E-state index is 11.8. The van der Waals surface area contributed by atoms with E-state index in [4.69, 9.17) is 0 Å². The summed E-state index contributed by atoms with van der Waals surface area (Å²) in [6.45, 7) is 6.93. The van der Waals surface area contributed by atoms with Gasteiger partial charge in [-0.3, -0.25) is 9.78 Å². The maximum atomic E-state index is 11.8. The van der Waals surface area contributed by atoms with Crippen molar-refractivity contribution < 1.29 is 4.79 Å². The lowest BCUT2D eigenvalue weighted by molar-refractivity contribution is -0.129. The van der Waals surface area contributed by atoms with Crippen molar-refractivity contribution in [2.24, 2.45) is 0 Å². The molecule has 0 radical (unpaired) electrons. The normalized spacial score (nSPS) is 10.6. The minimum atomic E-state index is 0.0852. The van der Waals surface area contributed by atoms with Crippen molar-refractivity contribution in [1.29, 1.82) is 0 Å². The molecule has 0 unspecified atom stereocenters. The van der Waals surface area contributed by atoms with Crippen LogP contribution in [0.3, 0.4) is 0 Å². The van der Waals surface area contributed by atoms with Crippen LogP contribution in [-0.2, 0) is 11.3 Å². The first kappa shape index (κ1) is 13.6. The van der Waals surface area contributed by atoms with Gasteiger partial charge in [0.05, 0.1) is 18.8 Å². The summed E-state index contributed by atoms with van der Waals surface area (Å²) in [5.41, 5.74) is 1.90. The topological polar surface area (TPSA) is 45.2 Å². The summed E-state index contributed by atoms with van der Waals surface area (Å²) in [6.07, 6.45) is 0. The molecule has 0 atom stereocenters. The van der Waals surface area contributed by atoms with Gasteiger partial charge >= 0.3 is 0 Å². The molecule has 0 saturated heterocycles. The summed E-state index contributed by atoms with van der Waals surface area (Å²) in [6, 6.07) is 6.17. The molecule has 1 rings (SSSR count). The Balaban J connectivity index is 2.48. The van der Waals surface area contributed by atoms with Crippen molar-refractivity contribution in [2.75, 3.05) is 13.6 Å². The average molecular weight is 235 g/mol. The molecule has 17 heavy (non-hydrogen) atoms. The van der Waals surface area contributed by atoms with E-state index in [1.807, 2.05) is 39.0 Å². The molecular weight excluding hydrogens is 214 g/mol. The summed E-state index contributed by atoms with van der Waals surface area (Å²) in [7, 11) is 1.80. The van der Waals surface area contributed by atoms with Gasteiger partial charge in [0.25, 0.3) is 0 Å². The lowest BCUT2D eigenvalue weighted by atomic mass is 10.3. The van der Waals surface area contributed by atoms with Gasteiger partial charge in [0.2, 0.25) is 5.91 Å². The van der Waals surface area contributed by atoms with Crippen molar-refractivity contribution in [3.8, 4) is 0 Å². The van der Waals surface area contributed by atoms with Crippen molar-refractivity contribution in [1.82, 2.24) is 15.2 Å². The van der Waals surface area contributed by atoms with E-state index in [-0.39, 0.29) is 5.91 Å². The van der Waals surface area contributed by atoms with E-state index in [0.29, 0.717) is 19.1 Å². The first-order valence-corrected chi connectivity index (χ1v) is 5.89. The van der Waals surface area contributed by atoms with Gasteiger partial charge in [-0.25, -0.2) is 0 Å². The predicted octanol–water partition coefficient (Wildman–Crippen LogP) is 1.35. The molecular formula is C13H21N3O. The molecule has 1 amide bonds. The number of hydrogen-bond acceptors (Lipinski definition) is 3. The van der Waals surface area contributed by atoms with Crippen LogP contribution >= 0.6 is 0 Å². The summed E-state index contributed by atoms with van der Waals surface area (Å²) < 4.78 is 0. The molecule has 4 nitrogen and oxygen atoms in total. The zero-order chi connectivity index (χ0) is 12.8. The quantitative estimate of drug-likeness (QED) is 0.838. The highest BCUT2D eigenvalue weighted by molar-refractivity contribution is 5.77. The Morgan fingerprint density at radius 2 is 2.18 bits per heavy atom. The van der Waals surface area contributed by atoms with Crippen molar-refractivity contribution >= 4 is 5.91 Å². The van der Waals surface area contributed by atoms with Gasteiger partial charge in [0, 0.05) is 18.8 Å². The van der Waals surface area contributed by atoms with Gasteiger partial charge < -0.3 is 10.2 Å². The number of nitrogens with zero attached hydrogens (tertiary/aromatic N) is 2. The fraction of sp³-hybridized carbons (Fsp3) is 0.538. The minimum absolute atomic E-state index is 0.0852. The van der Waals surface area contributed by atoms with E-state index < -0.39 is 0 Å². The van der Waals surface area contributed by atoms with E-state index in [0.717, 1.165) is 11.4 Å². The van der Waals surface area contributed by atoms with Crippen LogP contribution in [0.5, 0.6) is 0 Å². The highest BCUT2D eigenvalue weighted by atomic mass is 16.2. The number of likely N-dealkylation sites (N-methyl/N-ethyl adjacent to an activating group) is 1. The number of aryl methyl sites for hydroxylation is 1. The molecule has 0 aliphatic rings. The summed E-state index contributed by atoms with van der Waals surface area (Å²) in [4.78, 5) is 17.8. The van der Waals surface area contributed by atoms with Crippen LogP contribution in [0.4, 0.5) is 0 Å². The monoisotopic (exact) mass is 235 g/mol. The number of rotatable bonds is 5. The number of aromatic nitrogens is 1. The van der Waals surface area contributed by atoms with E-state index >= 15 is 0 Å². The Morgan fingerprint density at radius 1 is 1.47 bits per heavy atom. The molecule has 0 aliphatic heterocycles. The van der Waals surface area contributed by atoms with Gasteiger partial charge in [-0.15, -0.1) is 0 Å². The van der Waals surface area contributed by atoms with Crippen molar-refractivity contribution in [3.63, 3.8) is 0 Å². The Labute approximate surface area is 103 Å². The zero-order valence-corrected chi connectivity index (χ0v) is 11.0. The van der Waals surface area contributed by atoms with Crippen LogP contribution in [0.15, 0.2) is 18.2 Å². The standard InChI is InChI=1S/C13H21N3O/c1-10(2)14-8-13(17)16(4)9-12-7-5-6-11(3)15-12/h5-7,10,14H,8-9H2,1-4H3. The predicted molar refractivity (Wildman–Crippen MR) is 68.6 cm³/mol. The molecule has 0 aliphatic carbocycles. The first-order valence-electron chi connectivity index (χ1n) is 5.89. The fourth-order valence-corrected chi connectivity index (χ4v) is 1.45. The third kappa shape index (κ3) is 4.95. The molecule has 0 aromatic carbocycles. The molecule has 1 aromatic rings. The minimum Gasteiger partial charge on any atom is -0.339 e. The van der Waals surface area contributed by atoms with Gasteiger partial charge in [-0.2, -0.15) is 0 Å². The number of nitrogens with one attached hydrogen (secondary N) is 1. The van der Waals surface area contributed by atoms with Crippen LogP contribution in [0.1, 0.15) is 25.2 Å². The van der Waals surface area contributed by atoms with Crippen molar-refractivity contribution in [2.45, 2.75) is 33.4 Å². The Bertz CT molecular complexity index is 377. The highest BCUT2D eigenvalue weighted by Crippen LogP contribution is 2.01. The summed E-state index contributed by atoms with van der Waals surface area (Å²) in [5, 5.41) is 3.11. The van der Waals surface area contributed by atoms with E-state index in [9.17, 15) is 4.79 Å². The number of carbonyl (C=O) groups is 1. The van der Waals surface area contributed by atoms with E-state index in [1.54, 1.807) is 11.9 Å². The second-order valence-electron chi connectivity index (χ2n) is 4.56. The summed E-state index contributed by atoms with van der Waals surface area (Å²) in [5.74, 6) is 0.0852. The third-order valence-electron chi connectivity index (χ3n) is 2.43. The second-order valence-corrected chi connectivity index (χ2v) is 4.56. The van der Waals surface area contributed by atoms with Gasteiger partial charge in [-0.1, -0.05) is 19.9 Å². The lowest BCUT2D eigenvalue weighted by Gasteiger charge is -2.18. The molecule has 0 bridgehead atoms. The lowest BCUT2D eigenvalue weighted by Crippen LogP contribution is -2.37. The number of hydrogen-bond donors (Lipinski definition) is 1. The Hall–Kier alpha value is -1.42. The van der Waals surface area contributed by atoms with Gasteiger partial charge in [-0.05, 0) is 19.1 Å². The van der Waals surface area contributed by atoms with E-state index in [2.05, 4.69) is 10.3 Å². The van der Waals surface area contributed by atoms with Crippen LogP contribution in [0, 0.1) is 6.92 Å². The molecule has 0 fully saturated rings. The van der Waals surface area contributed by atoms with Crippen LogP contribution in [-0.4, -0.2) is 35.4 Å². The van der Waals surface area contributed by atoms with Crippen LogP contribution < -0.4 is 5.32 Å². The number of carbonyl (C=O) groups excluding carboxylic acids is 1.